The first-order valence-electron chi connectivity index (χ1n) is 5.47. The second kappa shape index (κ2) is 6.16. The zero-order valence-corrected chi connectivity index (χ0v) is 10.1. The van der Waals surface area contributed by atoms with Gasteiger partial charge in [0.05, 0.1) is 12.5 Å². The molecule has 2 unspecified atom stereocenters. The maximum absolute atomic E-state index is 11.5. The van der Waals surface area contributed by atoms with E-state index < -0.39 is 0 Å². The van der Waals surface area contributed by atoms with Gasteiger partial charge >= 0.3 is 5.97 Å². The van der Waals surface area contributed by atoms with Gasteiger partial charge in [0.2, 0.25) is 0 Å². The van der Waals surface area contributed by atoms with Crippen LogP contribution in [0.4, 0.5) is 0 Å². The summed E-state index contributed by atoms with van der Waals surface area (Å²) in [4.78, 5) is 22.5. The highest BCUT2D eigenvalue weighted by Gasteiger charge is 2.29. The molecule has 0 bridgehead atoms. The molecular weight excluding hydrogens is 212 g/mol. The van der Waals surface area contributed by atoms with Crippen LogP contribution in [-0.2, 0) is 14.3 Å². The van der Waals surface area contributed by atoms with Gasteiger partial charge in [0.15, 0.2) is 5.12 Å². The SMILES string of the molecule is CCOC(=O)C1CCCC(SC(C)=O)C1. The highest BCUT2D eigenvalue weighted by molar-refractivity contribution is 8.14. The summed E-state index contributed by atoms with van der Waals surface area (Å²) in [6, 6.07) is 0. The van der Waals surface area contributed by atoms with Crippen molar-refractivity contribution in [2.45, 2.75) is 44.8 Å². The van der Waals surface area contributed by atoms with Crippen LogP contribution < -0.4 is 0 Å². The second-order valence-electron chi connectivity index (χ2n) is 3.85. The Morgan fingerprint density at radius 3 is 2.73 bits per heavy atom. The average molecular weight is 230 g/mol. The number of hydrogen-bond donors (Lipinski definition) is 0. The predicted molar refractivity (Wildman–Crippen MR) is 60.7 cm³/mol. The molecule has 0 spiro atoms. The van der Waals surface area contributed by atoms with Crippen molar-refractivity contribution >= 4 is 22.8 Å². The van der Waals surface area contributed by atoms with Crippen molar-refractivity contribution in [3.05, 3.63) is 0 Å². The Balaban J connectivity index is 2.41. The van der Waals surface area contributed by atoms with Crippen molar-refractivity contribution in [1.29, 1.82) is 0 Å². The maximum atomic E-state index is 11.5. The molecule has 4 heteroatoms. The first-order chi connectivity index (χ1) is 7.13. The van der Waals surface area contributed by atoms with Gasteiger partial charge in [-0.05, 0) is 26.2 Å². The van der Waals surface area contributed by atoms with Crippen LogP contribution in [0.1, 0.15) is 39.5 Å². The van der Waals surface area contributed by atoms with E-state index in [0.29, 0.717) is 11.9 Å². The van der Waals surface area contributed by atoms with E-state index >= 15 is 0 Å². The van der Waals surface area contributed by atoms with Crippen LogP contribution in [0.25, 0.3) is 0 Å². The van der Waals surface area contributed by atoms with Crippen molar-refractivity contribution in [1.82, 2.24) is 0 Å². The molecule has 1 saturated carbocycles. The van der Waals surface area contributed by atoms with E-state index in [4.69, 9.17) is 4.74 Å². The van der Waals surface area contributed by atoms with Crippen molar-refractivity contribution in [2.75, 3.05) is 6.61 Å². The van der Waals surface area contributed by atoms with Gasteiger partial charge in [-0.1, -0.05) is 18.2 Å². The van der Waals surface area contributed by atoms with Crippen molar-refractivity contribution in [3.8, 4) is 0 Å². The zero-order chi connectivity index (χ0) is 11.3. The van der Waals surface area contributed by atoms with E-state index in [1.54, 1.807) is 6.92 Å². The normalized spacial score (nSPS) is 26.0. The molecule has 0 aromatic heterocycles. The number of hydrogen-bond acceptors (Lipinski definition) is 4. The topological polar surface area (TPSA) is 43.4 Å². The fraction of sp³-hybridized carbons (Fsp3) is 0.818. The summed E-state index contributed by atoms with van der Waals surface area (Å²) in [5, 5.41) is 0.454. The number of esters is 1. The zero-order valence-electron chi connectivity index (χ0n) is 9.32. The number of rotatable bonds is 3. The quantitative estimate of drug-likeness (QED) is 0.698. The van der Waals surface area contributed by atoms with Crippen LogP contribution in [0.15, 0.2) is 0 Å². The van der Waals surface area contributed by atoms with Gasteiger partial charge in [-0.25, -0.2) is 0 Å². The third-order valence-corrected chi connectivity index (χ3v) is 3.67. The molecule has 2 atom stereocenters. The van der Waals surface area contributed by atoms with Crippen LogP contribution >= 0.6 is 11.8 Å². The van der Waals surface area contributed by atoms with Gasteiger partial charge in [0.25, 0.3) is 0 Å². The molecule has 15 heavy (non-hydrogen) atoms. The minimum atomic E-state index is -0.0913. The molecule has 0 amide bonds. The molecule has 1 aliphatic carbocycles. The van der Waals surface area contributed by atoms with Crippen LogP contribution in [0.5, 0.6) is 0 Å². The Hall–Kier alpha value is -0.510. The summed E-state index contributed by atoms with van der Waals surface area (Å²) in [5.41, 5.74) is 0. The Kier molecular flexibility index (Phi) is 5.15. The van der Waals surface area contributed by atoms with E-state index in [-0.39, 0.29) is 17.0 Å². The largest absolute Gasteiger partial charge is 0.466 e. The third kappa shape index (κ3) is 4.24. The Morgan fingerprint density at radius 2 is 2.13 bits per heavy atom. The molecule has 1 fully saturated rings. The van der Waals surface area contributed by atoms with Crippen LogP contribution in [0.2, 0.25) is 0 Å². The maximum Gasteiger partial charge on any atom is 0.308 e. The average Bonchev–Trinajstić information content (AvgIpc) is 2.17. The molecule has 0 aromatic carbocycles. The fourth-order valence-electron chi connectivity index (χ4n) is 1.96. The number of carbonyl (C=O) groups excluding carboxylic acids is 2. The molecule has 0 aliphatic heterocycles. The lowest BCUT2D eigenvalue weighted by Gasteiger charge is -2.26. The monoisotopic (exact) mass is 230 g/mol. The van der Waals surface area contributed by atoms with Gasteiger partial charge < -0.3 is 4.74 Å². The summed E-state index contributed by atoms with van der Waals surface area (Å²) < 4.78 is 5.00. The highest BCUT2D eigenvalue weighted by atomic mass is 32.2. The second-order valence-corrected chi connectivity index (χ2v) is 5.32. The molecule has 0 heterocycles. The lowest BCUT2D eigenvalue weighted by molar-refractivity contribution is -0.149. The minimum Gasteiger partial charge on any atom is -0.466 e. The lowest BCUT2D eigenvalue weighted by atomic mass is 9.89. The van der Waals surface area contributed by atoms with Crippen LogP contribution in [0.3, 0.4) is 0 Å². The summed E-state index contributed by atoms with van der Waals surface area (Å²) >= 11 is 1.37. The number of ether oxygens (including phenoxy) is 1. The lowest BCUT2D eigenvalue weighted by Crippen LogP contribution is -2.26. The first-order valence-corrected chi connectivity index (χ1v) is 6.35. The summed E-state index contributed by atoms with van der Waals surface area (Å²) in [7, 11) is 0. The fourth-order valence-corrected chi connectivity index (χ4v) is 3.04. The van der Waals surface area contributed by atoms with E-state index in [0.717, 1.165) is 25.7 Å². The first kappa shape index (κ1) is 12.6. The molecule has 0 aromatic rings. The molecule has 1 aliphatic rings. The summed E-state index contributed by atoms with van der Waals surface area (Å²) in [6.07, 6.45) is 3.77. The predicted octanol–water partition coefficient (Wildman–Crippen LogP) is 2.39. The smallest absolute Gasteiger partial charge is 0.308 e. The summed E-state index contributed by atoms with van der Waals surface area (Å²) in [6.45, 7) is 3.85. The minimum absolute atomic E-state index is 0.00977. The van der Waals surface area contributed by atoms with E-state index in [1.165, 1.54) is 11.8 Å². The van der Waals surface area contributed by atoms with Gasteiger partial charge in [0.1, 0.15) is 0 Å². The van der Waals surface area contributed by atoms with Crippen molar-refractivity contribution in [2.24, 2.45) is 5.92 Å². The standard InChI is InChI=1S/C11H18O3S/c1-3-14-11(13)9-5-4-6-10(7-9)15-8(2)12/h9-10H,3-7H2,1-2H3. The molecule has 1 rings (SSSR count). The Bertz CT molecular complexity index is 240. The van der Waals surface area contributed by atoms with Gasteiger partial charge in [0, 0.05) is 12.2 Å². The van der Waals surface area contributed by atoms with E-state index in [2.05, 4.69) is 0 Å². The van der Waals surface area contributed by atoms with Gasteiger partial charge in [-0.3, -0.25) is 9.59 Å². The Morgan fingerprint density at radius 1 is 1.40 bits per heavy atom. The third-order valence-electron chi connectivity index (χ3n) is 2.58. The van der Waals surface area contributed by atoms with Crippen molar-refractivity contribution < 1.29 is 14.3 Å². The molecule has 3 nitrogen and oxygen atoms in total. The van der Waals surface area contributed by atoms with Crippen LogP contribution in [-0.4, -0.2) is 22.9 Å². The molecule has 0 N–H and O–H groups in total. The van der Waals surface area contributed by atoms with Gasteiger partial charge in [-0.2, -0.15) is 0 Å². The molecule has 0 saturated heterocycles. The van der Waals surface area contributed by atoms with E-state index in [9.17, 15) is 9.59 Å². The van der Waals surface area contributed by atoms with Crippen LogP contribution in [0, 0.1) is 5.92 Å². The van der Waals surface area contributed by atoms with Gasteiger partial charge in [-0.15, -0.1) is 0 Å². The summed E-state index contributed by atoms with van der Waals surface area (Å²) in [5.74, 6) is -0.0816. The van der Waals surface area contributed by atoms with E-state index in [1.807, 2.05) is 6.92 Å². The molecular formula is C11H18O3S. The number of thioether (sulfide) groups is 1. The van der Waals surface area contributed by atoms with Crippen molar-refractivity contribution in [3.63, 3.8) is 0 Å². The number of carbonyl (C=O) groups is 2. The highest BCUT2D eigenvalue weighted by Crippen LogP contribution is 2.33. The molecule has 0 radical (unpaired) electrons. The molecule has 86 valence electrons. The Labute approximate surface area is 94.9 Å².